The van der Waals surface area contributed by atoms with Crippen LogP contribution >= 0.6 is 0 Å². The Morgan fingerprint density at radius 3 is 2.76 bits per heavy atom. The maximum atomic E-state index is 12.4. The molecule has 0 fully saturated rings. The number of carbonyl (C=O) groups is 1. The third kappa shape index (κ3) is 2.31. The second kappa shape index (κ2) is 5.09. The van der Waals surface area contributed by atoms with E-state index in [0.717, 1.165) is 16.5 Å². The van der Waals surface area contributed by atoms with Crippen molar-refractivity contribution in [3.05, 3.63) is 47.9 Å². The summed E-state index contributed by atoms with van der Waals surface area (Å²) >= 11 is 0. The maximum absolute atomic E-state index is 12.4. The van der Waals surface area contributed by atoms with Crippen molar-refractivity contribution >= 4 is 22.7 Å². The molecule has 0 radical (unpaired) electrons. The van der Waals surface area contributed by atoms with Crippen LogP contribution in [0.3, 0.4) is 0 Å². The molecule has 0 aliphatic heterocycles. The highest BCUT2D eigenvalue weighted by molar-refractivity contribution is 6.06. The molecule has 0 spiro atoms. The zero-order chi connectivity index (χ0) is 15.0. The van der Waals surface area contributed by atoms with Gasteiger partial charge in [0.25, 0.3) is 5.91 Å². The predicted molar refractivity (Wildman–Crippen MR) is 81.5 cm³/mol. The molecule has 108 valence electrons. The minimum absolute atomic E-state index is 0.173. The average Bonchev–Trinajstić information content (AvgIpc) is 3.04. The normalized spacial score (nSPS) is 11.2. The van der Waals surface area contributed by atoms with Gasteiger partial charge in [-0.25, -0.2) is 4.68 Å². The van der Waals surface area contributed by atoms with E-state index in [1.54, 1.807) is 16.9 Å². The number of fused-ring (bicyclic) bond motifs is 1. The second-order valence-corrected chi connectivity index (χ2v) is 5.26. The lowest BCUT2D eigenvalue weighted by atomic mass is 10.1. The fraction of sp³-hybridized carbons (Fsp3) is 0.250. The van der Waals surface area contributed by atoms with E-state index in [9.17, 15) is 4.79 Å². The number of rotatable bonds is 3. The van der Waals surface area contributed by atoms with Crippen molar-refractivity contribution in [2.45, 2.75) is 26.8 Å². The molecule has 1 N–H and O–H groups in total. The van der Waals surface area contributed by atoms with Crippen LogP contribution in [0.25, 0.3) is 11.0 Å². The Kier molecular flexibility index (Phi) is 3.25. The van der Waals surface area contributed by atoms with Crippen LogP contribution in [0.2, 0.25) is 0 Å². The summed E-state index contributed by atoms with van der Waals surface area (Å²) in [5.74, 6) is 0.744. The van der Waals surface area contributed by atoms with Crippen molar-refractivity contribution in [3.8, 4) is 0 Å². The van der Waals surface area contributed by atoms with Gasteiger partial charge in [0.1, 0.15) is 11.4 Å². The molecular formula is C16H17N3O2. The highest BCUT2D eigenvalue weighted by Crippen LogP contribution is 2.25. The molecular weight excluding hydrogens is 266 g/mol. The van der Waals surface area contributed by atoms with E-state index in [1.807, 2.05) is 45.0 Å². The number of carbonyl (C=O) groups excluding carboxylic acids is 1. The summed E-state index contributed by atoms with van der Waals surface area (Å²) in [7, 11) is 0. The van der Waals surface area contributed by atoms with Gasteiger partial charge in [-0.1, -0.05) is 18.2 Å². The molecule has 21 heavy (non-hydrogen) atoms. The average molecular weight is 283 g/mol. The van der Waals surface area contributed by atoms with Crippen molar-refractivity contribution in [1.82, 2.24) is 9.78 Å². The van der Waals surface area contributed by atoms with Gasteiger partial charge in [0.05, 0.1) is 6.20 Å². The van der Waals surface area contributed by atoms with E-state index >= 15 is 0 Å². The lowest BCUT2D eigenvalue weighted by molar-refractivity contribution is 0.0997. The molecule has 0 saturated carbocycles. The number of amides is 1. The highest BCUT2D eigenvalue weighted by atomic mass is 16.3. The third-order valence-electron chi connectivity index (χ3n) is 3.45. The van der Waals surface area contributed by atoms with Crippen LogP contribution in [0.1, 0.15) is 36.0 Å². The molecule has 5 heteroatoms. The number of furan rings is 1. The van der Waals surface area contributed by atoms with Gasteiger partial charge in [0, 0.05) is 23.1 Å². The van der Waals surface area contributed by atoms with Crippen LogP contribution in [0.15, 0.2) is 40.9 Å². The fourth-order valence-electron chi connectivity index (χ4n) is 2.39. The van der Waals surface area contributed by atoms with Crippen LogP contribution in [-0.2, 0) is 0 Å². The molecule has 0 unspecified atom stereocenters. The van der Waals surface area contributed by atoms with Crippen LogP contribution < -0.4 is 5.32 Å². The van der Waals surface area contributed by atoms with E-state index in [1.165, 1.54) is 0 Å². The molecule has 1 amide bonds. The molecule has 0 aliphatic rings. The van der Waals surface area contributed by atoms with Gasteiger partial charge in [-0.15, -0.1) is 0 Å². The predicted octanol–water partition coefficient (Wildman–Crippen LogP) is 3.77. The first-order valence-electron chi connectivity index (χ1n) is 6.91. The Morgan fingerprint density at radius 2 is 2.05 bits per heavy atom. The van der Waals surface area contributed by atoms with Gasteiger partial charge in [-0.3, -0.25) is 4.79 Å². The zero-order valence-electron chi connectivity index (χ0n) is 12.3. The number of aromatic nitrogens is 2. The topological polar surface area (TPSA) is 60.1 Å². The molecule has 3 rings (SSSR count). The third-order valence-corrected chi connectivity index (χ3v) is 3.45. The van der Waals surface area contributed by atoms with Crippen LogP contribution in [-0.4, -0.2) is 15.7 Å². The van der Waals surface area contributed by atoms with Gasteiger partial charge in [-0.2, -0.15) is 5.10 Å². The van der Waals surface area contributed by atoms with Crippen LogP contribution in [0.4, 0.5) is 5.82 Å². The summed E-state index contributed by atoms with van der Waals surface area (Å²) in [4.78, 5) is 12.4. The summed E-state index contributed by atoms with van der Waals surface area (Å²) in [5.41, 5.74) is 1.57. The smallest absolute Gasteiger partial charge is 0.292 e. The quantitative estimate of drug-likeness (QED) is 0.796. The van der Waals surface area contributed by atoms with Gasteiger partial charge in [0.2, 0.25) is 0 Å². The van der Waals surface area contributed by atoms with Crippen LogP contribution in [0, 0.1) is 6.92 Å². The Bertz CT molecular complexity index is 799. The monoisotopic (exact) mass is 283 g/mol. The van der Waals surface area contributed by atoms with Crippen molar-refractivity contribution in [2.75, 3.05) is 5.32 Å². The van der Waals surface area contributed by atoms with Crippen molar-refractivity contribution in [2.24, 2.45) is 0 Å². The number of hydrogen-bond acceptors (Lipinski definition) is 3. The van der Waals surface area contributed by atoms with E-state index in [4.69, 9.17) is 4.42 Å². The Labute approximate surface area is 122 Å². The van der Waals surface area contributed by atoms with Crippen molar-refractivity contribution in [3.63, 3.8) is 0 Å². The van der Waals surface area contributed by atoms with E-state index < -0.39 is 0 Å². The number of benzene rings is 1. The molecule has 5 nitrogen and oxygen atoms in total. The maximum Gasteiger partial charge on any atom is 0.292 e. The molecule has 1 aromatic carbocycles. The SMILES string of the molecule is Cc1c(C(=O)Nc2ccnn2C(C)C)oc2ccccc12. The summed E-state index contributed by atoms with van der Waals surface area (Å²) in [6.07, 6.45) is 1.67. The minimum Gasteiger partial charge on any atom is -0.451 e. The lowest BCUT2D eigenvalue weighted by Gasteiger charge is -2.11. The Morgan fingerprint density at radius 1 is 1.29 bits per heavy atom. The first kappa shape index (κ1) is 13.4. The minimum atomic E-state index is -0.258. The van der Waals surface area contributed by atoms with Gasteiger partial charge in [0.15, 0.2) is 5.76 Å². The van der Waals surface area contributed by atoms with E-state index in [0.29, 0.717) is 11.6 Å². The number of anilines is 1. The van der Waals surface area contributed by atoms with E-state index in [2.05, 4.69) is 10.4 Å². The molecule has 3 aromatic rings. The Hall–Kier alpha value is -2.56. The van der Waals surface area contributed by atoms with E-state index in [-0.39, 0.29) is 11.9 Å². The molecule has 2 aromatic heterocycles. The number of hydrogen-bond donors (Lipinski definition) is 1. The summed E-state index contributed by atoms with van der Waals surface area (Å²) in [6, 6.07) is 9.57. The second-order valence-electron chi connectivity index (χ2n) is 5.26. The zero-order valence-corrected chi connectivity index (χ0v) is 12.3. The summed E-state index contributed by atoms with van der Waals surface area (Å²) < 4.78 is 7.43. The Balaban J connectivity index is 1.94. The first-order valence-corrected chi connectivity index (χ1v) is 6.91. The standard InChI is InChI=1S/C16H17N3O2/c1-10(2)19-14(8-9-17-19)18-16(20)15-11(3)12-6-4-5-7-13(12)21-15/h4-10H,1-3H3,(H,18,20). The number of nitrogens with zero attached hydrogens (tertiary/aromatic N) is 2. The number of aryl methyl sites for hydroxylation is 1. The molecule has 0 atom stereocenters. The van der Waals surface area contributed by atoms with Gasteiger partial charge >= 0.3 is 0 Å². The van der Waals surface area contributed by atoms with Gasteiger partial charge < -0.3 is 9.73 Å². The largest absolute Gasteiger partial charge is 0.451 e. The number of para-hydroxylation sites is 1. The van der Waals surface area contributed by atoms with Crippen molar-refractivity contribution in [1.29, 1.82) is 0 Å². The number of nitrogens with one attached hydrogen (secondary N) is 1. The fourth-order valence-corrected chi connectivity index (χ4v) is 2.39. The first-order chi connectivity index (χ1) is 10.1. The van der Waals surface area contributed by atoms with Crippen LogP contribution in [0.5, 0.6) is 0 Å². The molecule has 2 heterocycles. The summed E-state index contributed by atoms with van der Waals surface area (Å²) in [6.45, 7) is 5.91. The lowest BCUT2D eigenvalue weighted by Crippen LogP contribution is -2.16. The summed E-state index contributed by atoms with van der Waals surface area (Å²) in [5, 5.41) is 8.02. The van der Waals surface area contributed by atoms with Crippen molar-refractivity contribution < 1.29 is 9.21 Å². The van der Waals surface area contributed by atoms with Gasteiger partial charge in [-0.05, 0) is 26.8 Å². The molecule has 0 bridgehead atoms. The highest BCUT2D eigenvalue weighted by Gasteiger charge is 2.19. The molecule has 0 aliphatic carbocycles. The molecule has 0 saturated heterocycles.